The van der Waals surface area contributed by atoms with Crippen LogP contribution in [0.15, 0.2) is 18.2 Å². The molecule has 1 aromatic rings. The molecule has 0 aliphatic rings. The molecule has 0 heterocycles. The predicted octanol–water partition coefficient (Wildman–Crippen LogP) is 1.12. The second-order valence-corrected chi connectivity index (χ2v) is 3.30. The Morgan fingerprint density at radius 1 is 1.07 bits per heavy atom. The van der Waals surface area contributed by atoms with E-state index >= 15 is 0 Å². The van der Waals surface area contributed by atoms with E-state index < -0.39 is 12.2 Å². The van der Waals surface area contributed by atoms with Crippen molar-refractivity contribution in [1.29, 1.82) is 0 Å². The number of methoxy groups -OCH3 is 2. The number of hydrogen-bond donors (Lipinski definition) is 2. The van der Waals surface area contributed by atoms with Gasteiger partial charge in [0.1, 0.15) is 6.10 Å². The third-order valence-corrected chi connectivity index (χ3v) is 2.21. The molecule has 0 spiro atoms. The standard InChI is InChI=1S/C11H16O4/c1-7(12)11(13)8-4-5-9(14-2)10(6-8)15-3/h4-7,11-13H,1-3H3/t7-,11+/m0/s1. The number of ether oxygens (including phenoxy) is 2. The van der Waals surface area contributed by atoms with Gasteiger partial charge in [-0.2, -0.15) is 0 Å². The van der Waals surface area contributed by atoms with Gasteiger partial charge >= 0.3 is 0 Å². The van der Waals surface area contributed by atoms with E-state index in [9.17, 15) is 10.2 Å². The summed E-state index contributed by atoms with van der Waals surface area (Å²) in [5.74, 6) is 1.13. The van der Waals surface area contributed by atoms with E-state index in [4.69, 9.17) is 9.47 Å². The van der Waals surface area contributed by atoms with E-state index in [0.717, 1.165) is 0 Å². The summed E-state index contributed by atoms with van der Waals surface area (Å²) < 4.78 is 10.2. The molecule has 0 saturated heterocycles. The Bertz CT molecular complexity index is 322. The minimum atomic E-state index is -0.912. The summed E-state index contributed by atoms with van der Waals surface area (Å²) in [6.07, 6.45) is -1.73. The average Bonchev–Trinajstić information content (AvgIpc) is 2.26. The molecule has 84 valence electrons. The fraction of sp³-hybridized carbons (Fsp3) is 0.455. The molecule has 4 nitrogen and oxygen atoms in total. The molecule has 1 rings (SSSR count). The lowest BCUT2D eigenvalue weighted by Gasteiger charge is -2.16. The first-order chi connectivity index (χ1) is 7.10. The average molecular weight is 212 g/mol. The molecular weight excluding hydrogens is 196 g/mol. The summed E-state index contributed by atoms with van der Waals surface area (Å²) in [6, 6.07) is 5.04. The third-order valence-electron chi connectivity index (χ3n) is 2.21. The van der Waals surface area contributed by atoms with E-state index in [1.54, 1.807) is 25.3 Å². The van der Waals surface area contributed by atoms with E-state index in [-0.39, 0.29) is 0 Å². The molecule has 2 atom stereocenters. The van der Waals surface area contributed by atoms with Crippen molar-refractivity contribution < 1.29 is 19.7 Å². The van der Waals surface area contributed by atoms with Crippen LogP contribution in [0.4, 0.5) is 0 Å². The van der Waals surface area contributed by atoms with Gasteiger partial charge in [-0.05, 0) is 24.6 Å². The number of aliphatic hydroxyl groups is 2. The van der Waals surface area contributed by atoms with Gasteiger partial charge in [0.2, 0.25) is 0 Å². The number of rotatable bonds is 4. The minimum absolute atomic E-state index is 0.537. The van der Waals surface area contributed by atoms with E-state index in [2.05, 4.69) is 0 Å². The van der Waals surface area contributed by atoms with Crippen molar-refractivity contribution in [2.45, 2.75) is 19.1 Å². The van der Waals surface area contributed by atoms with Gasteiger partial charge in [0, 0.05) is 0 Å². The molecule has 0 aromatic heterocycles. The summed E-state index contributed by atoms with van der Waals surface area (Å²) >= 11 is 0. The topological polar surface area (TPSA) is 58.9 Å². The zero-order chi connectivity index (χ0) is 11.4. The zero-order valence-electron chi connectivity index (χ0n) is 9.10. The minimum Gasteiger partial charge on any atom is -0.493 e. The highest BCUT2D eigenvalue weighted by molar-refractivity contribution is 5.43. The van der Waals surface area contributed by atoms with Gasteiger partial charge in [0.15, 0.2) is 11.5 Å². The first-order valence-corrected chi connectivity index (χ1v) is 4.68. The van der Waals surface area contributed by atoms with Gasteiger partial charge in [-0.1, -0.05) is 6.07 Å². The van der Waals surface area contributed by atoms with E-state index in [1.807, 2.05) is 0 Å². The molecule has 1 aromatic carbocycles. The SMILES string of the molecule is COc1ccc([C@H](O)[C@H](C)O)cc1OC. The molecule has 0 amide bonds. The van der Waals surface area contributed by atoms with Gasteiger partial charge in [0.05, 0.1) is 20.3 Å². The molecule has 4 heteroatoms. The van der Waals surface area contributed by atoms with Crippen molar-refractivity contribution in [3.8, 4) is 11.5 Å². The summed E-state index contributed by atoms with van der Waals surface area (Å²) in [5.41, 5.74) is 0.600. The van der Waals surface area contributed by atoms with Crippen LogP contribution < -0.4 is 9.47 Å². The Balaban J connectivity index is 3.02. The fourth-order valence-corrected chi connectivity index (χ4v) is 1.32. The smallest absolute Gasteiger partial charge is 0.161 e. The van der Waals surface area contributed by atoms with Crippen molar-refractivity contribution in [2.75, 3.05) is 14.2 Å². The first-order valence-electron chi connectivity index (χ1n) is 4.68. The molecule has 0 aliphatic heterocycles. The van der Waals surface area contributed by atoms with Crippen molar-refractivity contribution in [3.63, 3.8) is 0 Å². The Hall–Kier alpha value is -1.26. The van der Waals surface area contributed by atoms with Crippen molar-refractivity contribution in [2.24, 2.45) is 0 Å². The van der Waals surface area contributed by atoms with Crippen LogP contribution >= 0.6 is 0 Å². The Labute approximate surface area is 89.1 Å². The van der Waals surface area contributed by atoms with Crippen LogP contribution in [-0.2, 0) is 0 Å². The second-order valence-electron chi connectivity index (χ2n) is 3.30. The summed E-state index contributed by atoms with van der Waals surface area (Å²) in [6.45, 7) is 1.53. The Morgan fingerprint density at radius 3 is 2.13 bits per heavy atom. The van der Waals surface area contributed by atoms with Gasteiger partial charge in [0.25, 0.3) is 0 Å². The predicted molar refractivity (Wildman–Crippen MR) is 56.2 cm³/mol. The molecule has 2 N–H and O–H groups in total. The normalized spacial score (nSPS) is 14.5. The van der Waals surface area contributed by atoms with Crippen LogP contribution in [0.5, 0.6) is 11.5 Å². The van der Waals surface area contributed by atoms with Gasteiger partial charge in [-0.25, -0.2) is 0 Å². The van der Waals surface area contributed by atoms with Crippen molar-refractivity contribution in [3.05, 3.63) is 23.8 Å². The van der Waals surface area contributed by atoms with Gasteiger partial charge in [-0.15, -0.1) is 0 Å². The first kappa shape index (κ1) is 11.8. The molecule has 0 unspecified atom stereocenters. The molecule has 0 bridgehead atoms. The van der Waals surface area contributed by atoms with Crippen molar-refractivity contribution >= 4 is 0 Å². The lowest BCUT2D eigenvalue weighted by atomic mass is 10.1. The molecule has 15 heavy (non-hydrogen) atoms. The highest BCUT2D eigenvalue weighted by Gasteiger charge is 2.15. The largest absolute Gasteiger partial charge is 0.493 e. The maximum absolute atomic E-state index is 9.63. The van der Waals surface area contributed by atoms with Crippen LogP contribution in [0.1, 0.15) is 18.6 Å². The zero-order valence-corrected chi connectivity index (χ0v) is 9.10. The summed E-state index contributed by atoms with van der Waals surface area (Å²) in [5, 5.41) is 18.9. The lowest BCUT2D eigenvalue weighted by molar-refractivity contribution is 0.0304. The molecule has 0 radical (unpaired) electrons. The van der Waals surface area contributed by atoms with Crippen LogP contribution in [-0.4, -0.2) is 30.5 Å². The molecule has 0 fully saturated rings. The third kappa shape index (κ3) is 2.61. The molecular formula is C11H16O4. The van der Waals surface area contributed by atoms with E-state index in [0.29, 0.717) is 17.1 Å². The highest BCUT2D eigenvalue weighted by Crippen LogP contribution is 2.30. The molecule has 0 aliphatic carbocycles. The number of benzene rings is 1. The van der Waals surface area contributed by atoms with Crippen LogP contribution in [0.3, 0.4) is 0 Å². The summed E-state index contributed by atoms with van der Waals surface area (Å²) in [7, 11) is 3.07. The highest BCUT2D eigenvalue weighted by atomic mass is 16.5. The maximum Gasteiger partial charge on any atom is 0.161 e. The van der Waals surface area contributed by atoms with Crippen LogP contribution in [0, 0.1) is 0 Å². The van der Waals surface area contributed by atoms with Gasteiger partial charge in [-0.3, -0.25) is 0 Å². The fourth-order valence-electron chi connectivity index (χ4n) is 1.32. The quantitative estimate of drug-likeness (QED) is 0.785. The Kier molecular flexibility index (Phi) is 3.94. The summed E-state index contributed by atoms with van der Waals surface area (Å²) in [4.78, 5) is 0. The van der Waals surface area contributed by atoms with Crippen LogP contribution in [0.2, 0.25) is 0 Å². The van der Waals surface area contributed by atoms with Crippen molar-refractivity contribution in [1.82, 2.24) is 0 Å². The maximum atomic E-state index is 9.63. The van der Waals surface area contributed by atoms with E-state index in [1.165, 1.54) is 14.0 Å². The lowest BCUT2D eigenvalue weighted by Crippen LogP contribution is -2.13. The number of aliphatic hydroxyl groups excluding tert-OH is 2. The monoisotopic (exact) mass is 212 g/mol. The molecule has 0 saturated carbocycles. The van der Waals surface area contributed by atoms with Crippen LogP contribution in [0.25, 0.3) is 0 Å². The van der Waals surface area contributed by atoms with Gasteiger partial charge < -0.3 is 19.7 Å². The number of hydrogen-bond acceptors (Lipinski definition) is 4. The second kappa shape index (κ2) is 5.00. The Morgan fingerprint density at radius 2 is 1.67 bits per heavy atom.